The van der Waals surface area contributed by atoms with Crippen LogP contribution in [-0.4, -0.2) is 30.6 Å². The molecule has 6 nitrogen and oxygen atoms in total. The van der Waals surface area contributed by atoms with Gasteiger partial charge in [-0.25, -0.2) is 4.39 Å². The minimum Gasteiger partial charge on any atom is -0.493 e. The minimum absolute atomic E-state index is 0.0771. The molecule has 2 aromatic carbocycles. The predicted molar refractivity (Wildman–Crippen MR) is 129 cm³/mol. The van der Waals surface area contributed by atoms with Gasteiger partial charge in [-0.2, -0.15) is 18.4 Å². The number of carbonyl (C=O) groups excluding carboxylic acids is 1. The number of rotatable bonds is 6. The molecule has 1 aliphatic heterocycles. The number of halogens is 4. The Morgan fingerprint density at radius 2 is 1.89 bits per heavy atom. The lowest BCUT2D eigenvalue weighted by molar-refractivity contribution is -0.137. The molecule has 10 heteroatoms. The number of pyridine rings is 1. The summed E-state index contributed by atoms with van der Waals surface area (Å²) in [7, 11) is 0. The molecule has 1 saturated heterocycles. The Labute approximate surface area is 211 Å². The number of aromatic nitrogens is 1. The average molecular weight is 513 g/mol. The van der Waals surface area contributed by atoms with Gasteiger partial charge in [0.15, 0.2) is 0 Å². The van der Waals surface area contributed by atoms with Gasteiger partial charge >= 0.3 is 6.18 Å². The Hall–Kier alpha value is -4.13. The summed E-state index contributed by atoms with van der Waals surface area (Å²) < 4.78 is 60.1. The molecule has 192 valence electrons. The lowest BCUT2D eigenvalue weighted by Gasteiger charge is -2.41. The molecule has 0 saturated carbocycles. The Balaban J connectivity index is 1.62. The fraction of sp³-hybridized carbons (Fsp3) is 0.296. The molecule has 1 aliphatic rings. The zero-order chi connectivity index (χ0) is 26.8. The number of primary amides is 1. The maximum atomic E-state index is 15.3. The number of hydrogen-bond donors (Lipinski definition) is 1. The van der Waals surface area contributed by atoms with Crippen molar-refractivity contribution in [2.75, 3.05) is 24.6 Å². The standard InChI is InChI=1S/C27H24F4N4O2/c1-2-37-23-6-4-3-5-20(23)24-21(28)14-19(16-34-24)26(25(33)36)9-11-35(12-10-26)22-8-7-18(27(29,30)31)13-17(22)15-32/h3-8,13-14,16H,2,9-12H2,1H3,(H2,33,36). The van der Waals surface area contributed by atoms with Crippen LogP contribution in [0.25, 0.3) is 11.3 Å². The molecule has 1 aromatic heterocycles. The molecule has 0 unspecified atom stereocenters. The number of hydrogen-bond acceptors (Lipinski definition) is 5. The number of nitrogens with zero attached hydrogens (tertiary/aromatic N) is 3. The normalized spacial score (nSPS) is 15.2. The van der Waals surface area contributed by atoms with Gasteiger partial charge in [0.05, 0.1) is 28.8 Å². The molecule has 1 fully saturated rings. The highest BCUT2D eigenvalue weighted by atomic mass is 19.4. The van der Waals surface area contributed by atoms with Crippen molar-refractivity contribution in [3.05, 3.63) is 77.2 Å². The number of para-hydroxylation sites is 1. The third-order valence-corrected chi connectivity index (χ3v) is 6.71. The first-order valence-corrected chi connectivity index (χ1v) is 11.6. The van der Waals surface area contributed by atoms with E-state index in [1.807, 2.05) is 13.0 Å². The molecule has 0 spiro atoms. The maximum Gasteiger partial charge on any atom is 0.416 e. The van der Waals surface area contributed by atoms with E-state index in [1.54, 1.807) is 29.2 Å². The Bertz CT molecular complexity index is 1360. The number of nitriles is 1. The van der Waals surface area contributed by atoms with Crippen LogP contribution in [0.5, 0.6) is 5.75 Å². The van der Waals surface area contributed by atoms with E-state index in [0.29, 0.717) is 29.2 Å². The summed E-state index contributed by atoms with van der Waals surface area (Å²) in [5.41, 5.74) is 4.75. The second-order valence-electron chi connectivity index (χ2n) is 8.76. The predicted octanol–water partition coefficient (Wildman–Crippen LogP) is 5.20. The quantitative estimate of drug-likeness (QED) is 0.459. The fourth-order valence-electron chi connectivity index (χ4n) is 4.73. The number of amides is 1. The van der Waals surface area contributed by atoms with Crippen LogP contribution in [0.2, 0.25) is 0 Å². The molecule has 2 N–H and O–H groups in total. The number of ether oxygens (including phenoxy) is 1. The van der Waals surface area contributed by atoms with E-state index in [1.165, 1.54) is 18.3 Å². The van der Waals surface area contributed by atoms with Crippen molar-refractivity contribution in [3.63, 3.8) is 0 Å². The Kier molecular flexibility index (Phi) is 7.07. The molecule has 37 heavy (non-hydrogen) atoms. The molecule has 0 atom stereocenters. The zero-order valence-corrected chi connectivity index (χ0v) is 20.0. The van der Waals surface area contributed by atoms with Crippen LogP contribution >= 0.6 is 0 Å². The number of benzene rings is 2. The molecule has 0 radical (unpaired) electrons. The van der Waals surface area contributed by atoms with Gasteiger partial charge in [-0.1, -0.05) is 12.1 Å². The number of carbonyl (C=O) groups is 1. The van der Waals surface area contributed by atoms with Gasteiger partial charge in [0.2, 0.25) is 5.91 Å². The van der Waals surface area contributed by atoms with Crippen molar-refractivity contribution < 1.29 is 27.1 Å². The first kappa shape index (κ1) is 25.9. The van der Waals surface area contributed by atoms with E-state index in [2.05, 4.69) is 4.98 Å². The Morgan fingerprint density at radius 3 is 2.49 bits per heavy atom. The van der Waals surface area contributed by atoms with Crippen LogP contribution in [-0.2, 0) is 16.4 Å². The first-order chi connectivity index (χ1) is 17.6. The molecule has 3 aromatic rings. The van der Waals surface area contributed by atoms with Crippen molar-refractivity contribution in [2.45, 2.75) is 31.4 Å². The van der Waals surface area contributed by atoms with E-state index in [-0.39, 0.29) is 37.2 Å². The van der Waals surface area contributed by atoms with Crippen LogP contribution in [0.4, 0.5) is 23.2 Å². The third kappa shape index (κ3) is 4.94. The highest BCUT2D eigenvalue weighted by Gasteiger charge is 2.43. The van der Waals surface area contributed by atoms with E-state index in [0.717, 1.165) is 12.1 Å². The van der Waals surface area contributed by atoms with Gasteiger partial charge in [-0.05, 0) is 61.7 Å². The molecule has 0 bridgehead atoms. The van der Waals surface area contributed by atoms with Crippen LogP contribution in [0, 0.1) is 17.1 Å². The van der Waals surface area contributed by atoms with E-state index in [9.17, 15) is 23.2 Å². The lowest BCUT2D eigenvalue weighted by Crippen LogP contribution is -2.50. The summed E-state index contributed by atoms with van der Waals surface area (Å²) in [6, 6.07) is 13.0. The van der Waals surface area contributed by atoms with Crippen LogP contribution in [0.1, 0.15) is 36.5 Å². The summed E-state index contributed by atoms with van der Waals surface area (Å²) in [6.45, 7) is 2.65. The SMILES string of the molecule is CCOc1ccccc1-c1ncc(C2(C(N)=O)CCN(c3ccc(C(F)(F)F)cc3C#N)CC2)cc1F. The van der Waals surface area contributed by atoms with Gasteiger partial charge in [-0.15, -0.1) is 0 Å². The van der Waals surface area contributed by atoms with Gasteiger partial charge in [0.25, 0.3) is 0 Å². The van der Waals surface area contributed by atoms with Gasteiger partial charge < -0.3 is 15.4 Å². The fourth-order valence-corrected chi connectivity index (χ4v) is 4.73. The largest absolute Gasteiger partial charge is 0.493 e. The van der Waals surface area contributed by atoms with Gasteiger partial charge in [0, 0.05) is 24.8 Å². The summed E-state index contributed by atoms with van der Waals surface area (Å²) in [4.78, 5) is 18.7. The average Bonchev–Trinajstić information content (AvgIpc) is 2.88. The molecular weight excluding hydrogens is 488 g/mol. The topological polar surface area (TPSA) is 92.2 Å². The molecule has 1 amide bonds. The van der Waals surface area contributed by atoms with Crippen molar-refractivity contribution in [1.29, 1.82) is 5.26 Å². The van der Waals surface area contributed by atoms with Crippen LogP contribution in [0.3, 0.4) is 0 Å². The third-order valence-electron chi connectivity index (χ3n) is 6.71. The van der Waals surface area contributed by atoms with Crippen LogP contribution < -0.4 is 15.4 Å². The van der Waals surface area contributed by atoms with E-state index < -0.39 is 28.9 Å². The smallest absolute Gasteiger partial charge is 0.416 e. The minimum atomic E-state index is -4.57. The molecule has 2 heterocycles. The molecular formula is C27H24F4N4O2. The van der Waals surface area contributed by atoms with E-state index >= 15 is 4.39 Å². The lowest BCUT2D eigenvalue weighted by atomic mass is 9.72. The van der Waals surface area contributed by atoms with Crippen molar-refractivity contribution in [1.82, 2.24) is 4.98 Å². The van der Waals surface area contributed by atoms with E-state index in [4.69, 9.17) is 10.5 Å². The highest BCUT2D eigenvalue weighted by molar-refractivity contribution is 5.87. The summed E-state index contributed by atoms with van der Waals surface area (Å²) >= 11 is 0. The summed E-state index contributed by atoms with van der Waals surface area (Å²) in [6.07, 6.45) is -2.80. The summed E-state index contributed by atoms with van der Waals surface area (Å²) in [5.74, 6) is -0.808. The maximum absolute atomic E-state index is 15.3. The van der Waals surface area contributed by atoms with Gasteiger partial charge in [-0.3, -0.25) is 9.78 Å². The first-order valence-electron chi connectivity index (χ1n) is 11.6. The number of alkyl halides is 3. The zero-order valence-electron chi connectivity index (χ0n) is 20.0. The summed E-state index contributed by atoms with van der Waals surface area (Å²) in [5, 5.41) is 9.43. The van der Waals surface area contributed by atoms with Gasteiger partial charge in [0.1, 0.15) is 23.3 Å². The molecule has 0 aliphatic carbocycles. The second kappa shape index (κ2) is 10.1. The monoisotopic (exact) mass is 512 g/mol. The van der Waals surface area contributed by atoms with Crippen molar-refractivity contribution in [3.8, 4) is 23.1 Å². The number of anilines is 1. The second-order valence-corrected chi connectivity index (χ2v) is 8.76. The Morgan fingerprint density at radius 1 is 1.19 bits per heavy atom. The highest BCUT2D eigenvalue weighted by Crippen LogP contribution is 2.40. The number of nitrogens with two attached hydrogens (primary N) is 1. The number of piperidine rings is 1. The molecule has 4 rings (SSSR count). The van der Waals surface area contributed by atoms with Crippen molar-refractivity contribution in [2.24, 2.45) is 5.73 Å². The van der Waals surface area contributed by atoms with Crippen LogP contribution in [0.15, 0.2) is 54.7 Å². The van der Waals surface area contributed by atoms with Crippen molar-refractivity contribution >= 4 is 11.6 Å².